The number of aliphatic imine (C=N–C) groups is 2. The van der Waals surface area contributed by atoms with E-state index in [4.69, 9.17) is 48.4 Å². The monoisotopic (exact) mass is 1530 g/mol. The lowest BCUT2D eigenvalue weighted by Gasteiger charge is -2.44. The van der Waals surface area contributed by atoms with Gasteiger partial charge in [-0.05, 0) is 109 Å². The normalized spacial score (nSPS) is 20.3. The Morgan fingerprint density at radius 2 is 1.35 bits per heavy atom. The van der Waals surface area contributed by atoms with Gasteiger partial charge in [-0.2, -0.15) is 0 Å². The maximum atomic E-state index is 15.0. The van der Waals surface area contributed by atoms with Crippen LogP contribution < -0.4 is 32.3 Å². The summed E-state index contributed by atoms with van der Waals surface area (Å²) < 4.78 is 30.4. The smallest absolute Gasteiger partial charge is 0.408 e. The standard InChI is InChI=1S/C65H102N12O15S5Si3/c1-22-28-89-61(86)67-34(5)50(79)77-65(60-73-43(32-97-60)58(83)84)27-26-39(54-72-44(33-93-54)59(85)88-17)68-48(65)40-29-94-55(69-40)46(35(6)78)74-51(80)41-31-96-57(71-41)49(64(16,87)38(9)92-99(20,21)63(13,14)15)76-52(81)42-30-95-56(70-42)47(37(8)91-100(23-2,24-3)25-4)75-53(82)45(66)36(7)90-98(18,19)62(10,11)12/h22,29,31-38,42,45-49,78,87H,1,23-28,30,66H2,2-21H3,(H,67,86)(H,74,80)(H,75,82)(H,76,81)(H,77,79)(H,83,84)/t34-,35+,36+,37+,38+,42-,45-,46-,47-,48+,49+,64+,65+/m0/s1. The van der Waals surface area contributed by atoms with Crippen LogP contribution in [0.25, 0.3) is 0 Å². The van der Waals surface area contributed by atoms with Gasteiger partial charge in [0.25, 0.3) is 5.91 Å². The number of nitrogens with two attached hydrogens (primary N) is 1. The zero-order valence-electron chi connectivity index (χ0n) is 60.9. The minimum absolute atomic E-state index is 0.00601. The molecule has 0 aromatic carbocycles. The first-order valence-corrected chi connectivity index (χ1v) is 46.2. The number of aromatic carboxylic acids is 1. The summed E-state index contributed by atoms with van der Waals surface area (Å²) in [4.78, 5) is 125. The maximum absolute atomic E-state index is 15.0. The summed E-state index contributed by atoms with van der Waals surface area (Å²) in [6, 6.07) is -5.34. The van der Waals surface area contributed by atoms with Crippen molar-refractivity contribution in [3.05, 3.63) is 77.0 Å². The third-order valence-electron chi connectivity index (χ3n) is 19.5. The summed E-state index contributed by atoms with van der Waals surface area (Å²) in [5.74, 6) is -4.38. The number of esters is 1. The molecule has 0 spiro atoms. The molecule has 6 rings (SSSR count). The number of alkyl carbamates (subject to hydrolysis) is 1. The minimum Gasteiger partial charge on any atom is -0.476 e. The number of carbonyl (C=O) groups is 7. The topological polar surface area (TPSA) is 389 Å². The highest BCUT2D eigenvalue weighted by Crippen LogP contribution is 2.48. The first-order valence-electron chi connectivity index (χ1n) is 33.3. The maximum Gasteiger partial charge on any atom is 0.408 e. The van der Waals surface area contributed by atoms with Crippen molar-refractivity contribution in [2.24, 2.45) is 15.7 Å². The molecule has 2 aliphatic rings. The number of amides is 5. The molecule has 0 aliphatic carbocycles. The number of rotatable bonds is 33. The molecule has 100 heavy (non-hydrogen) atoms. The molecule has 10 N–H and O–H groups in total. The molecule has 4 aromatic rings. The molecule has 0 saturated carbocycles. The molecule has 2 aliphatic heterocycles. The van der Waals surface area contributed by atoms with Crippen molar-refractivity contribution in [3.8, 4) is 0 Å². The highest BCUT2D eigenvalue weighted by Gasteiger charge is 2.52. The Bertz CT molecular complexity index is 3630. The van der Waals surface area contributed by atoms with E-state index in [9.17, 15) is 48.9 Å². The lowest BCUT2D eigenvalue weighted by atomic mass is 9.80. The molecule has 0 saturated heterocycles. The van der Waals surface area contributed by atoms with Crippen molar-refractivity contribution in [2.45, 2.75) is 249 Å². The van der Waals surface area contributed by atoms with Crippen LogP contribution in [0.1, 0.15) is 192 Å². The average molecular weight is 1540 g/mol. The molecule has 0 fully saturated rings. The predicted octanol–water partition coefficient (Wildman–Crippen LogP) is 9.95. The number of thioether (sulfide) groups is 1. The van der Waals surface area contributed by atoms with Crippen LogP contribution in [-0.2, 0) is 42.7 Å². The Kier molecular flexibility index (Phi) is 28.3. The largest absolute Gasteiger partial charge is 0.476 e. The van der Waals surface area contributed by atoms with Crippen molar-refractivity contribution < 1.29 is 71.6 Å². The molecule has 6 heterocycles. The van der Waals surface area contributed by atoms with Gasteiger partial charge in [0.05, 0.1) is 48.0 Å². The second-order valence-corrected chi connectivity index (χ2v) is 47.4. The van der Waals surface area contributed by atoms with Crippen LogP contribution in [0.3, 0.4) is 0 Å². The molecule has 4 aromatic heterocycles. The molecular formula is C65H102N12O15S5Si3. The van der Waals surface area contributed by atoms with Crippen molar-refractivity contribution in [2.75, 3.05) is 19.5 Å². The lowest BCUT2D eigenvalue weighted by molar-refractivity contribution is -0.128. The highest BCUT2D eigenvalue weighted by atomic mass is 32.2. The van der Waals surface area contributed by atoms with Crippen molar-refractivity contribution in [1.29, 1.82) is 0 Å². The zero-order chi connectivity index (χ0) is 75.0. The van der Waals surface area contributed by atoms with Gasteiger partial charge in [-0.15, -0.1) is 57.1 Å². The number of methoxy groups -OCH3 is 1. The third-order valence-corrected chi connectivity index (χ3v) is 38.2. The fraction of sp³-hybridized carbons (Fsp3) is 0.646. The lowest BCUT2D eigenvalue weighted by Crippen LogP contribution is -2.58. The summed E-state index contributed by atoms with van der Waals surface area (Å²) in [5, 5.41) is 55.9. The Morgan fingerprint density at radius 3 is 1.93 bits per heavy atom. The molecule has 0 bridgehead atoms. The number of aromatic nitrogens is 4. The van der Waals surface area contributed by atoms with E-state index in [0.29, 0.717) is 15.8 Å². The van der Waals surface area contributed by atoms with E-state index in [2.05, 4.69) is 119 Å². The molecule has 0 unspecified atom stereocenters. The molecule has 27 nitrogen and oxygen atoms in total. The van der Waals surface area contributed by atoms with E-state index in [-0.39, 0.29) is 73.1 Å². The van der Waals surface area contributed by atoms with E-state index in [1.54, 1.807) is 26.2 Å². The van der Waals surface area contributed by atoms with Gasteiger partial charge in [0, 0.05) is 27.3 Å². The van der Waals surface area contributed by atoms with Gasteiger partial charge < -0.3 is 70.4 Å². The van der Waals surface area contributed by atoms with E-state index < -0.39 is 144 Å². The van der Waals surface area contributed by atoms with Gasteiger partial charge in [0.1, 0.15) is 85.8 Å². The molecule has 13 atom stereocenters. The van der Waals surface area contributed by atoms with Crippen molar-refractivity contribution in [1.82, 2.24) is 46.5 Å². The van der Waals surface area contributed by atoms with Crippen molar-refractivity contribution in [3.63, 3.8) is 0 Å². The number of carbonyl (C=O) groups excluding carboxylic acids is 6. The van der Waals surface area contributed by atoms with Crippen LogP contribution in [0.5, 0.6) is 0 Å². The van der Waals surface area contributed by atoms with E-state index >= 15 is 0 Å². The fourth-order valence-corrected chi connectivity index (χ4v) is 21.5. The van der Waals surface area contributed by atoms with Crippen LogP contribution in [-0.4, -0.2) is 186 Å². The number of hydrogen-bond acceptors (Lipinski definition) is 26. The SMILES string of the molecule is C=CCOC(=O)N[C@@H](C)C(=O)N[C@]1(c2nc(C(=O)O)cs2)CCC(c2nc(C(=O)OC)cs2)=N[C@@H]1c1csc([C@@H](NC(=O)c2csc([C@@H](NC(=O)[C@@H]3CSC([C@@H](NC(=O)[C@@H](N)[C@@H](C)O[Si](C)(C)C(C)(C)C)[C@@H](C)O[Si](CC)(CC)CC)=N3)[C@](C)(O)[C@@H](C)O[Si](C)(C)C(C)(C)C)n2)[C@@H](C)O)n1. The molecule has 35 heteroatoms. The average Bonchev–Trinajstić information content (AvgIpc) is 1.51. The predicted molar refractivity (Wildman–Crippen MR) is 399 cm³/mol. The molecule has 0 radical (unpaired) electrons. The second-order valence-electron chi connectivity index (χ2n) is 28.6. The number of nitrogens with zero attached hydrogens (tertiary/aromatic N) is 6. The number of aliphatic hydroxyl groups is 2. The molecule has 5 amide bonds. The summed E-state index contributed by atoms with van der Waals surface area (Å²) in [5.41, 5.74) is 3.27. The molecule has 554 valence electrons. The summed E-state index contributed by atoms with van der Waals surface area (Å²) in [7, 11) is -6.01. The number of nitrogens with one attached hydrogen (secondary N) is 5. The fourth-order valence-electron chi connectivity index (χ4n) is 10.7. The Morgan fingerprint density at radius 1 is 0.740 bits per heavy atom. The highest BCUT2D eigenvalue weighted by molar-refractivity contribution is 8.14. The van der Waals surface area contributed by atoms with Gasteiger partial charge in [-0.3, -0.25) is 29.2 Å². The number of aliphatic hydroxyl groups excluding tert-OH is 1. The Labute approximate surface area is 609 Å². The van der Waals surface area contributed by atoms with Gasteiger partial charge in [-0.25, -0.2) is 34.3 Å². The van der Waals surface area contributed by atoms with Crippen molar-refractivity contribution >= 4 is 134 Å². The second kappa shape index (κ2) is 33.9. The number of carboxylic acids is 1. The number of hydrogen-bond donors (Lipinski definition) is 9. The minimum atomic E-state index is -2.61. The van der Waals surface area contributed by atoms with Crippen LogP contribution in [0.15, 0.2) is 44.2 Å². The van der Waals surface area contributed by atoms with E-state index in [1.165, 1.54) is 54.9 Å². The molecular weight excluding hydrogens is 1430 g/mol. The van der Waals surface area contributed by atoms with Gasteiger partial charge in [-0.1, -0.05) is 75.0 Å². The zero-order valence-corrected chi connectivity index (χ0v) is 68.0. The van der Waals surface area contributed by atoms with Crippen LogP contribution in [0, 0.1) is 0 Å². The van der Waals surface area contributed by atoms with Crippen LogP contribution in [0.2, 0.25) is 54.4 Å². The third kappa shape index (κ3) is 19.6. The first-order chi connectivity index (χ1) is 46.5. The quantitative estimate of drug-likeness (QED) is 0.0122. The van der Waals surface area contributed by atoms with Crippen LogP contribution >= 0.6 is 57.1 Å². The number of thiazole rings is 4. The number of ether oxygens (including phenoxy) is 2. The van der Waals surface area contributed by atoms with Crippen LogP contribution in [0.4, 0.5) is 4.79 Å². The van der Waals surface area contributed by atoms with Gasteiger partial charge in [0.15, 0.2) is 36.3 Å². The number of carboxylic acid groups (broad SMARTS) is 1. The first kappa shape index (κ1) is 83.4. The van der Waals surface area contributed by atoms with Gasteiger partial charge >= 0.3 is 18.0 Å². The summed E-state index contributed by atoms with van der Waals surface area (Å²) >= 11 is 5.42. The summed E-state index contributed by atoms with van der Waals surface area (Å²) in [6.07, 6.45) is -2.87. The van der Waals surface area contributed by atoms with E-state index in [1.807, 2.05) is 20.0 Å². The Balaban J connectivity index is 1.38. The Hall–Kier alpha value is -5.55. The van der Waals surface area contributed by atoms with Gasteiger partial charge in [0.2, 0.25) is 17.7 Å². The van der Waals surface area contributed by atoms with E-state index in [0.717, 1.165) is 63.5 Å². The summed E-state index contributed by atoms with van der Waals surface area (Å²) in [6.45, 7) is 40.4.